The van der Waals surface area contributed by atoms with Crippen LogP contribution in [0.15, 0.2) is 30.3 Å². The molecule has 6 nitrogen and oxygen atoms in total. The molecule has 2 fully saturated rings. The van der Waals surface area contributed by atoms with E-state index in [2.05, 4.69) is 26.1 Å². The molecule has 0 radical (unpaired) electrons. The minimum atomic E-state index is -4.64. The largest absolute Gasteiger partial charge is 0.506 e. The average molecular weight is 568 g/mol. The molecule has 39 heavy (non-hydrogen) atoms. The highest BCUT2D eigenvalue weighted by molar-refractivity contribution is 6.32. The van der Waals surface area contributed by atoms with Gasteiger partial charge in [-0.2, -0.15) is 13.2 Å². The lowest BCUT2D eigenvalue weighted by atomic mass is 9.70. The second-order valence-corrected chi connectivity index (χ2v) is 11.7. The van der Waals surface area contributed by atoms with Crippen molar-refractivity contribution in [2.75, 3.05) is 5.32 Å². The van der Waals surface area contributed by atoms with Crippen molar-refractivity contribution in [2.45, 2.75) is 78.6 Å². The summed E-state index contributed by atoms with van der Waals surface area (Å²) in [4.78, 5) is 25.6. The molecular weight excluding hydrogens is 535 g/mol. The van der Waals surface area contributed by atoms with Crippen LogP contribution in [-0.2, 0) is 22.3 Å². The highest BCUT2D eigenvalue weighted by atomic mass is 35.5. The fraction of sp³-hybridized carbons (Fsp3) is 0.517. The van der Waals surface area contributed by atoms with Gasteiger partial charge in [0.05, 0.1) is 10.6 Å². The molecule has 3 unspecified atom stereocenters. The van der Waals surface area contributed by atoms with Gasteiger partial charge in [0, 0.05) is 35.7 Å². The minimum Gasteiger partial charge on any atom is -0.506 e. The first-order chi connectivity index (χ1) is 18.2. The van der Waals surface area contributed by atoms with Crippen LogP contribution in [0.4, 0.5) is 18.9 Å². The normalized spacial score (nSPS) is 23.5. The van der Waals surface area contributed by atoms with Crippen LogP contribution in [0.25, 0.3) is 0 Å². The molecule has 3 atom stereocenters. The molecule has 212 valence electrons. The Morgan fingerprint density at radius 1 is 1.18 bits per heavy atom. The first-order valence-electron chi connectivity index (χ1n) is 13.1. The van der Waals surface area contributed by atoms with Gasteiger partial charge in [0.15, 0.2) is 0 Å². The molecule has 0 heterocycles. The van der Waals surface area contributed by atoms with Crippen LogP contribution in [0.2, 0.25) is 5.02 Å². The van der Waals surface area contributed by atoms with E-state index < -0.39 is 34.5 Å². The van der Waals surface area contributed by atoms with Crippen LogP contribution in [0, 0.1) is 16.7 Å². The number of nitrogens with one attached hydrogen (secondary N) is 1. The number of rotatable bonds is 8. The molecule has 2 bridgehead atoms. The van der Waals surface area contributed by atoms with Crippen molar-refractivity contribution in [1.82, 2.24) is 0 Å². The fourth-order valence-electron chi connectivity index (χ4n) is 5.92. The number of phenols is 1. The molecule has 4 rings (SSSR count). The van der Waals surface area contributed by atoms with Gasteiger partial charge in [-0.1, -0.05) is 39.3 Å². The third-order valence-electron chi connectivity index (χ3n) is 8.80. The van der Waals surface area contributed by atoms with Gasteiger partial charge in [0.25, 0.3) is 0 Å². The molecule has 0 amide bonds. The topological polar surface area (TPSA) is 84.9 Å². The maximum absolute atomic E-state index is 13.3. The summed E-state index contributed by atoms with van der Waals surface area (Å²) in [5, 5.41) is 12.7. The van der Waals surface area contributed by atoms with Gasteiger partial charge < -0.3 is 19.9 Å². The molecule has 2 aliphatic rings. The predicted octanol–water partition coefficient (Wildman–Crippen LogP) is 7.75. The van der Waals surface area contributed by atoms with Crippen LogP contribution in [0.1, 0.15) is 81.3 Å². The first kappa shape index (κ1) is 29.1. The Balaban J connectivity index is 1.57. The quantitative estimate of drug-likeness (QED) is 0.250. The average Bonchev–Trinajstić information content (AvgIpc) is 3.18. The van der Waals surface area contributed by atoms with Gasteiger partial charge in [-0.05, 0) is 61.3 Å². The van der Waals surface area contributed by atoms with E-state index in [0.717, 1.165) is 25.3 Å². The lowest BCUT2D eigenvalue weighted by molar-refractivity contribution is -0.137. The molecule has 10 heteroatoms. The Morgan fingerprint density at radius 2 is 1.90 bits per heavy atom. The van der Waals surface area contributed by atoms with Crippen molar-refractivity contribution in [3.8, 4) is 11.5 Å². The Hall–Kier alpha value is -2.94. The number of hydrogen-bond acceptors (Lipinski definition) is 6. The smallest absolute Gasteiger partial charge is 0.416 e. The number of anilines is 1. The molecule has 2 aliphatic carbocycles. The van der Waals surface area contributed by atoms with Crippen LogP contribution in [0.3, 0.4) is 0 Å². The zero-order chi connectivity index (χ0) is 28.8. The second-order valence-electron chi connectivity index (χ2n) is 11.3. The summed E-state index contributed by atoms with van der Waals surface area (Å²) < 4.78 is 51.1. The standard InChI is InChI=1S/C29H33ClF3NO5/c1-5-6-24(35)38-22-14-19(34-15-16-11-18(29(31,32)33)12-21(30)25(16)36)7-8-20(22)26(37)39-23-13-17-9-10-28(23,4)27(17,2)3/h7-8,11-12,14,17,23,34,36H,5-6,9-10,13,15H2,1-4H3. The number of ether oxygens (including phenoxy) is 2. The van der Waals surface area contributed by atoms with Gasteiger partial charge >= 0.3 is 18.1 Å². The summed E-state index contributed by atoms with van der Waals surface area (Å²) in [6, 6.07) is 5.87. The Kier molecular flexibility index (Phi) is 7.87. The SMILES string of the molecule is CCCC(=O)Oc1cc(NCc2cc(C(F)(F)F)cc(Cl)c2O)ccc1C(=O)OC1CC2CCC1(C)C2(C)C. The number of esters is 2. The molecule has 2 N–H and O–H groups in total. The molecule has 2 saturated carbocycles. The maximum atomic E-state index is 13.3. The zero-order valence-electron chi connectivity index (χ0n) is 22.4. The maximum Gasteiger partial charge on any atom is 0.416 e. The lowest BCUT2D eigenvalue weighted by Gasteiger charge is -2.38. The van der Waals surface area contributed by atoms with Crippen molar-refractivity contribution in [2.24, 2.45) is 16.7 Å². The van der Waals surface area contributed by atoms with E-state index in [-0.39, 0.29) is 46.8 Å². The van der Waals surface area contributed by atoms with E-state index in [1.807, 2.05) is 6.92 Å². The van der Waals surface area contributed by atoms with Crippen LogP contribution in [0.5, 0.6) is 11.5 Å². The molecule has 2 aromatic rings. The Bertz CT molecular complexity index is 1280. The monoisotopic (exact) mass is 567 g/mol. The third-order valence-corrected chi connectivity index (χ3v) is 9.08. The number of carbonyl (C=O) groups excluding carboxylic acids is 2. The fourth-order valence-corrected chi connectivity index (χ4v) is 6.15. The van der Waals surface area contributed by atoms with Crippen LogP contribution >= 0.6 is 11.6 Å². The zero-order valence-corrected chi connectivity index (χ0v) is 23.1. The van der Waals surface area contributed by atoms with E-state index in [1.54, 1.807) is 0 Å². The van der Waals surface area contributed by atoms with Gasteiger partial charge in [-0.25, -0.2) is 4.79 Å². The molecule has 2 aromatic carbocycles. The van der Waals surface area contributed by atoms with Crippen molar-refractivity contribution in [3.05, 3.63) is 52.0 Å². The summed E-state index contributed by atoms with van der Waals surface area (Å²) in [5.41, 5.74) is -0.741. The molecule has 0 aliphatic heterocycles. The molecular formula is C29H33ClF3NO5. The number of phenolic OH excluding ortho intramolecular Hbond substituents is 1. The van der Waals surface area contributed by atoms with Crippen molar-refractivity contribution >= 4 is 29.2 Å². The molecule has 0 saturated heterocycles. The highest BCUT2D eigenvalue weighted by Crippen LogP contribution is 2.66. The van der Waals surface area contributed by atoms with E-state index in [1.165, 1.54) is 18.2 Å². The summed E-state index contributed by atoms with van der Waals surface area (Å²) in [5.74, 6) is -1.15. The van der Waals surface area contributed by atoms with Gasteiger partial charge in [0.2, 0.25) is 0 Å². The van der Waals surface area contributed by atoms with E-state index in [9.17, 15) is 27.9 Å². The first-order valence-corrected chi connectivity index (χ1v) is 13.4. The summed E-state index contributed by atoms with van der Waals surface area (Å²) in [6.45, 7) is 8.19. The predicted molar refractivity (Wildman–Crippen MR) is 141 cm³/mol. The minimum absolute atomic E-state index is 0.0117. The highest BCUT2D eigenvalue weighted by Gasteiger charge is 2.63. The van der Waals surface area contributed by atoms with Gasteiger partial charge in [-0.3, -0.25) is 4.79 Å². The number of carbonyl (C=O) groups is 2. The van der Waals surface area contributed by atoms with Crippen molar-refractivity contribution in [1.29, 1.82) is 0 Å². The summed E-state index contributed by atoms with van der Waals surface area (Å²) >= 11 is 5.81. The Labute approximate surface area is 230 Å². The van der Waals surface area contributed by atoms with Crippen LogP contribution < -0.4 is 10.1 Å². The van der Waals surface area contributed by atoms with Crippen molar-refractivity contribution < 1.29 is 37.3 Å². The molecule has 0 spiro atoms. The number of fused-ring (bicyclic) bond motifs is 2. The van der Waals surface area contributed by atoms with Gasteiger partial charge in [0.1, 0.15) is 23.2 Å². The third kappa shape index (κ3) is 5.55. The van der Waals surface area contributed by atoms with Crippen LogP contribution in [-0.4, -0.2) is 23.1 Å². The number of alkyl halides is 3. The van der Waals surface area contributed by atoms with E-state index in [0.29, 0.717) is 24.1 Å². The summed E-state index contributed by atoms with van der Waals surface area (Å²) in [6.07, 6.45) is -1.37. The molecule has 0 aromatic heterocycles. The van der Waals surface area contributed by atoms with Crippen molar-refractivity contribution in [3.63, 3.8) is 0 Å². The van der Waals surface area contributed by atoms with Gasteiger partial charge in [-0.15, -0.1) is 0 Å². The van der Waals surface area contributed by atoms with E-state index >= 15 is 0 Å². The number of aromatic hydroxyl groups is 1. The second kappa shape index (κ2) is 10.6. The van der Waals surface area contributed by atoms with E-state index in [4.69, 9.17) is 21.1 Å². The number of benzene rings is 2. The lowest BCUT2D eigenvalue weighted by Crippen LogP contribution is -2.38. The number of halogens is 4. The summed E-state index contributed by atoms with van der Waals surface area (Å²) in [7, 11) is 0. The Morgan fingerprint density at radius 3 is 2.49 bits per heavy atom. The number of hydrogen-bond donors (Lipinski definition) is 2.